The van der Waals surface area contributed by atoms with E-state index in [-0.39, 0.29) is 0 Å². The molecule has 0 unspecified atom stereocenters. The molecule has 2 aromatic carbocycles. The van der Waals surface area contributed by atoms with Gasteiger partial charge in [0.15, 0.2) is 0 Å². The fraction of sp³-hybridized carbons (Fsp3) is 0. The normalized spacial score (nSPS) is 13.9. The molecule has 4 bridgehead atoms. The molecule has 0 fully saturated rings. The molecule has 74 valence electrons. The maximum absolute atomic E-state index is 12.1. The van der Waals surface area contributed by atoms with Crippen LogP contribution < -0.4 is 5.32 Å². The molecule has 0 aliphatic carbocycles. The Balaban J connectivity index is 2.28. The van der Waals surface area contributed by atoms with E-state index in [1.54, 1.807) is 0 Å². The van der Waals surface area contributed by atoms with Gasteiger partial charge in [0.25, 0.3) is 0 Å². The van der Waals surface area contributed by atoms with Gasteiger partial charge in [0.2, 0.25) is 0 Å². The van der Waals surface area contributed by atoms with Crippen molar-refractivity contribution >= 4 is 22.2 Å². The molecular formula is C12H9NOS. The van der Waals surface area contributed by atoms with E-state index in [0.717, 1.165) is 21.2 Å². The predicted octanol–water partition coefficient (Wildman–Crippen LogP) is 2.91. The molecule has 2 aromatic rings. The van der Waals surface area contributed by atoms with Gasteiger partial charge in [-0.1, -0.05) is 0 Å². The quantitative estimate of drug-likeness (QED) is 0.624. The lowest BCUT2D eigenvalue weighted by atomic mass is 10.2. The Morgan fingerprint density at radius 2 is 1.13 bits per heavy atom. The minimum Gasteiger partial charge on any atom is -0.356 e. The average molecular weight is 215 g/mol. The van der Waals surface area contributed by atoms with Crippen molar-refractivity contribution in [2.75, 3.05) is 5.32 Å². The zero-order valence-corrected chi connectivity index (χ0v) is 8.75. The molecule has 3 heteroatoms. The van der Waals surface area contributed by atoms with Crippen LogP contribution in [0.15, 0.2) is 58.3 Å². The molecule has 6 rings (SSSR count). The lowest BCUT2D eigenvalue weighted by Crippen LogP contribution is -1.97. The van der Waals surface area contributed by atoms with Gasteiger partial charge in [0, 0.05) is 21.2 Å². The van der Waals surface area contributed by atoms with Crippen LogP contribution in [0, 0.1) is 0 Å². The lowest BCUT2D eigenvalue weighted by molar-refractivity contribution is 0.683. The highest BCUT2D eigenvalue weighted by atomic mass is 32.2. The highest BCUT2D eigenvalue weighted by Crippen LogP contribution is 2.25. The molecule has 4 aliphatic rings. The fourth-order valence-corrected chi connectivity index (χ4v) is 2.67. The molecule has 2 nitrogen and oxygen atoms in total. The van der Waals surface area contributed by atoms with Gasteiger partial charge in [-0.15, -0.1) is 0 Å². The molecule has 0 radical (unpaired) electrons. The summed E-state index contributed by atoms with van der Waals surface area (Å²) in [5.74, 6) is 0. The summed E-state index contributed by atoms with van der Waals surface area (Å²) >= 11 is 0. The van der Waals surface area contributed by atoms with E-state index in [1.807, 2.05) is 48.5 Å². The van der Waals surface area contributed by atoms with E-state index in [1.165, 1.54) is 0 Å². The minimum absolute atomic E-state index is 0.843. The smallest absolute Gasteiger partial charge is 0.0849 e. The standard InChI is InChI=1S/C12H9NOS/c14-15-11-5-1-9(2-6-11)13-10-3-7-12(15)8-4-10/h1-8,13H. The first kappa shape index (κ1) is 8.68. The van der Waals surface area contributed by atoms with Crippen LogP contribution in [0.1, 0.15) is 0 Å². The van der Waals surface area contributed by atoms with E-state index >= 15 is 0 Å². The molecule has 0 saturated carbocycles. The second-order valence-electron chi connectivity index (χ2n) is 3.44. The van der Waals surface area contributed by atoms with Crippen LogP contribution in [-0.2, 0) is 10.8 Å². The number of nitrogens with one attached hydrogen (secondary N) is 1. The summed E-state index contributed by atoms with van der Waals surface area (Å²) in [6, 6.07) is 15.4. The van der Waals surface area contributed by atoms with Gasteiger partial charge < -0.3 is 5.32 Å². The number of hydrogen-bond donors (Lipinski definition) is 1. The molecule has 15 heavy (non-hydrogen) atoms. The summed E-state index contributed by atoms with van der Waals surface area (Å²) < 4.78 is 12.1. The summed E-state index contributed by atoms with van der Waals surface area (Å²) in [6.45, 7) is 0. The van der Waals surface area contributed by atoms with Crippen LogP contribution in [0.5, 0.6) is 0 Å². The van der Waals surface area contributed by atoms with E-state index in [9.17, 15) is 4.21 Å². The number of rotatable bonds is 0. The number of benzene rings is 2. The lowest BCUT2D eigenvalue weighted by Gasteiger charge is -2.11. The summed E-state index contributed by atoms with van der Waals surface area (Å²) in [5.41, 5.74) is 2.04. The minimum atomic E-state index is -1.06. The molecule has 4 heterocycles. The largest absolute Gasteiger partial charge is 0.356 e. The van der Waals surface area contributed by atoms with Crippen LogP contribution in [0.2, 0.25) is 0 Å². The van der Waals surface area contributed by atoms with Gasteiger partial charge in [-0.3, -0.25) is 0 Å². The van der Waals surface area contributed by atoms with Gasteiger partial charge in [-0.05, 0) is 48.5 Å². The van der Waals surface area contributed by atoms with Crippen LogP contribution in [0.3, 0.4) is 0 Å². The molecular weight excluding hydrogens is 206 g/mol. The summed E-state index contributed by atoms with van der Waals surface area (Å²) in [5, 5.41) is 3.27. The maximum atomic E-state index is 12.1. The van der Waals surface area contributed by atoms with Crippen LogP contribution >= 0.6 is 0 Å². The van der Waals surface area contributed by atoms with Crippen molar-refractivity contribution in [1.29, 1.82) is 0 Å². The van der Waals surface area contributed by atoms with E-state index in [0.29, 0.717) is 0 Å². The Labute approximate surface area is 90.4 Å². The predicted molar refractivity (Wildman–Crippen MR) is 60.8 cm³/mol. The van der Waals surface area contributed by atoms with Gasteiger partial charge in [0.1, 0.15) is 0 Å². The first-order valence-corrected chi connectivity index (χ1v) is 5.87. The highest BCUT2D eigenvalue weighted by Gasteiger charge is 2.09. The van der Waals surface area contributed by atoms with Crippen molar-refractivity contribution in [1.82, 2.24) is 0 Å². The molecule has 4 aliphatic heterocycles. The zero-order chi connectivity index (χ0) is 10.3. The third-order valence-electron chi connectivity index (χ3n) is 2.43. The Hall–Kier alpha value is -1.61. The van der Waals surface area contributed by atoms with Crippen molar-refractivity contribution in [3.8, 4) is 0 Å². The summed E-state index contributed by atoms with van der Waals surface area (Å²) in [7, 11) is -1.06. The van der Waals surface area contributed by atoms with Crippen molar-refractivity contribution in [2.24, 2.45) is 0 Å². The maximum Gasteiger partial charge on any atom is 0.0849 e. The van der Waals surface area contributed by atoms with Crippen molar-refractivity contribution in [3.63, 3.8) is 0 Å². The topological polar surface area (TPSA) is 29.1 Å². The number of anilines is 2. The van der Waals surface area contributed by atoms with Crippen molar-refractivity contribution in [3.05, 3.63) is 48.5 Å². The molecule has 0 aromatic heterocycles. The average Bonchev–Trinajstić information content (AvgIpc) is 2.31. The van der Waals surface area contributed by atoms with Crippen molar-refractivity contribution < 1.29 is 4.21 Å². The number of hydrogen-bond acceptors (Lipinski definition) is 2. The van der Waals surface area contributed by atoms with Crippen molar-refractivity contribution in [2.45, 2.75) is 9.79 Å². The molecule has 0 saturated heterocycles. The first-order chi connectivity index (χ1) is 7.33. The Bertz CT molecular complexity index is 469. The Kier molecular flexibility index (Phi) is 1.86. The van der Waals surface area contributed by atoms with E-state index < -0.39 is 10.8 Å². The summed E-state index contributed by atoms with van der Waals surface area (Å²) in [6.07, 6.45) is 0. The first-order valence-electron chi connectivity index (χ1n) is 4.72. The van der Waals surface area contributed by atoms with Crippen LogP contribution in [0.4, 0.5) is 11.4 Å². The third-order valence-corrected chi connectivity index (χ3v) is 3.83. The molecule has 0 spiro atoms. The molecule has 0 atom stereocenters. The monoisotopic (exact) mass is 215 g/mol. The SMILES string of the molecule is O=S1c2ccc(cc2)Nc2ccc1cc2. The zero-order valence-electron chi connectivity index (χ0n) is 7.94. The fourth-order valence-electron chi connectivity index (χ4n) is 1.63. The van der Waals surface area contributed by atoms with Crippen LogP contribution in [0.25, 0.3) is 0 Å². The van der Waals surface area contributed by atoms with E-state index in [2.05, 4.69) is 5.32 Å². The second kappa shape index (κ2) is 3.21. The molecule has 0 amide bonds. The highest BCUT2D eigenvalue weighted by molar-refractivity contribution is 7.85. The van der Waals surface area contributed by atoms with Gasteiger partial charge >= 0.3 is 0 Å². The van der Waals surface area contributed by atoms with Crippen LogP contribution in [-0.4, -0.2) is 4.21 Å². The Morgan fingerprint density at radius 1 is 0.733 bits per heavy atom. The molecule has 1 N–H and O–H groups in total. The summed E-state index contributed by atoms with van der Waals surface area (Å²) in [4.78, 5) is 1.69. The third kappa shape index (κ3) is 1.45. The van der Waals surface area contributed by atoms with Gasteiger partial charge in [-0.25, -0.2) is 4.21 Å². The van der Waals surface area contributed by atoms with Gasteiger partial charge in [-0.2, -0.15) is 0 Å². The second-order valence-corrected chi connectivity index (χ2v) is 4.92. The van der Waals surface area contributed by atoms with E-state index in [4.69, 9.17) is 0 Å². The Morgan fingerprint density at radius 3 is 1.53 bits per heavy atom. The van der Waals surface area contributed by atoms with Gasteiger partial charge in [0.05, 0.1) is 10.8 Å².